The Hall–Kier alpha value is -3.89. The second-order valence-corrected chi connectivity index (χ2v) is 9.89. The molecule has 3 aliphatic carbocycles. The Morgan fingerprint density at radius 2 is 1.83 bits per heavy atom. The predicted molar refractivity (Wildman–Crippen MR) is 129 cm³/mol. The van der Waals surface area contributed by atoms with Gasteiger partial charge in [-0.15, -0.1) is 0 Å². The summed E-state index contributed by atoms with van der Waals surface area (Å²) in [7, 11) is 3.61. The number of anilines is 1. The highest BCUT2D eigenvalue weighted by atomic mass is 16.3. The van der Waals surface area contributed by atoms with Crippen LogP contribution in [-0.4, -0.2) is 62.7 Å². The number of fused-ring (bicyclic) bond motifs is 4. The number of aliphatic hydroxyl groups is 4. The first-order valence-electron chi connectivity index (χ1n) is 11.5. The van der Waals surface area contributed by atoms with Crippen LogP contribution in [-0.2, 0) is 27.4 Å². The van der Waals surface area contributed by atoms with Gasteiger partial charge in [0.05, 0.1) is 12.2 Å². The van der Waals surface area contributed by atoms with Crippen molar-refractivity contribution in [1.29, 1.82) is 0 Å². The van der Waals surface area contributed by atoms with Gasteiger partial charge in [-0.2, -0.15) is 0 Å². The van der Waals surface area contributed by atoms with Crippen molar-refractivity contribution in [2.24, 2.45) is 17.6 Å². The van der Waals surface area contributed by atoms with E-state index in [1.807, 2.05) is 4.90 Å². The van der Waals surface area contributed by atoms with Crippen molar-refractivity contribution in [3.05, 3.63) is 51.8 Å². The quantitative estimate of drug-likeness (QED) is 0.341. The van der Waals surface area contributed by atoms with Crippen LogP contribution >= 0.6 is 0 Å². The van der Waals surface area contributed by atoms with Crippen molar-refractivity contribution in [1.82, 2.24) is 0 Å². The van der Waals surface area contributed by atoms with Crippen LogP contribution < -0.4 is 10.6 Å². The first kappa shape index (κ1) is 23.8. The first-order chi connectivity index (χ1) is 16.9. The van der Waals surface area contributed by atoms with E-state index < -0.39 is 52.0 Å². The maximum Gasteiger partial charge on any atom is 0.255 e. The zero-order valence-electron chi connectivity index (χ0n) is 19.7. The van der Waals surface area contributed by atoms with Crippen LogP contribution in [0.25, 0.3) is 16.5 Å². The van der Waals surface area contributed by atoms with Crippen molar-refractivity contribution < 1.29 is 39.9 Å². The molecule has 2 aromatic rings. The van der Waals surface area contributed by atoms with Crippen molar-refractivity contribution in [2.45, 2.75) is 31.5 Å². The molecule has 0 saturated heterocycles. The Morgan fingerprint density at radius 1 is 1.14 bits per heavy atom. The van der Waals surface area contributed by atoms with Crippen molar-refractivity contribution >= 4 is 39.7 Å². The summed E-state index contributed by atoms with van der Waals surface area (Å²) in [6, 6.07) is 5.09. The van der Waals surface area contributed by atoms with E-state index in [1.165, 1.54) is 0 Å². The minimum atomic E-state index is -2.60. The van der Waals surface area contributed by atoms with Gasteiger partial charge in [-0.1, -0.05) is 12.1 Å². The molecule has 3 atom stereocenters. The van der Waals surface area contributed by atoms with E-state index in [4.69, 9.17) is 5.73 Å². The van der Waals surface area contributed by atoms with Gasteiger partial charge < -0.3 is 36.2 Å². The number of hydrogen-bond acceptors (Lipinski definition) is 9. The molecule has 5 rings (SSSR count). The van der Waals surface area contributed by atoms with Gasteiger partial charge >= 0.3 is 0 Å². The topological polar surface area (TPSA) is 182 Å². The zero-order chi connectivity index (χ0) is 26.3. The highest BCUT2D eigenvalue weighted by Crippen LogP contribution is 2.54. The lowest BCUT2D eigenvalue weighted by Gasteiger charge is -2.46. The van der Waals surface area contributed by atoms with E-state index in [-0.39, 0.29) is 42.8 Å². The number of primary amides is 1. The number of aliphatic hydroxyl groups excluding tert-OH is 3. The number of rotatable bonds is 3. The molecule has 1 amide bonds. The summed E-state index contributed by atoms with van der Waals surface area (Å²) in [6.45, 7) is -0.266. The molecular weight excluding hydrogens is 468 g/mol. The predicted octanol–water partition coefficient (Wildman–Crippen LogP) is 1.14. The highest BCUT2D eigenvalue weighted by molar-refractivity contribution is 6.23. The lowest BCUT2D eigenvalue weighted by Crippen LogP contribution is -2.58. The van der Waals surface area contributed by atoms with Crippen LogP contribution in [0.5, 0.6) is 5.75 Å². The zero-order valence-corrected chi connectivity index (χ0v) is 19.7. The molecule has 1 fully saturated rings. The average Bonchev–Trinajstić information content (AvgIpc) is 2.80. The van der Waals surface area contributed by atoms with Crippen LogP contribution in [0.3, 0.4) is 0 Å². The monoisotopic (exact) mass is 494 g/mol. The van der Waals surface area contributed by atoms with Crippen LogP contribution in [0, 0.1) is 11.8 Å². The van der Waals surface area contributed by atoms with Crippen molar-refractivity contribution in [3.63, 3.8) is 0 Å². The number of benzene rings is 2. The molecule has 10 heteroatoms. The Bertz CT molecular complexity index is 1450. The third-order valence-corrected chi connectivity index (χ3v) is 7.70. The number of nitrogens with zero attached hydrogens (tertiary/aromatic N) is 1. The molecule has 36 heavy (non-hydrogen) atoms. The highest BCUT2D eigenvalue weighted by Gasteiger charge is 2.60. The number of Topliss-reactive ketones (excluding diaryl/α,β-unsaturated/α-hetero) is 2. The number of amides is 1. The smallest absolute Gasteiger partial charge is 0.255 e. The molecule has 10 nitrogen and oxygen atoms in total. The van der Waals surface area contributed by atoms with Gasteiger partial charge in [-0.05, 0) is 36.0 Å². The number of ketones is 2. The van der Waals surface area contributed by atoms with Crippen molar-refractivity contribution in [3.8, 4) is 5.75 Å². The molecule has 0 radical (unpaired) electrons. The molecule has 0 aromatic heterocycles. The molecule has 0 bridgehead atoms. The molecule has 188 valence electrons. The fourth-order valence-electron chi connectivity index (χ4n) is 6.13. The summed E-state index contributed by atoms with van der Waals surface area (Å²) >= 11 is 0. The maximum absolute atomic E-state index is 13.7. The number of aromatic hydroxyl groups is 1. The van der Waals surface area contributed by atoms with E-state index in [1.54, 1.807) is 32.3 Å². The summed E-state index contributed by atoms with van der Waals surface area (Å²) in [5.41, 5.74) is 3.46. The van der Waals surface area contributed by atoms with E-state index >= 15 is 0 Å². The van der Waals surface area contributed by atoms with Crippen LogP contribution in [0.4, 0.5) is 5.69 Å². The fourth-order valence-corrected chi connectivity index (χ4v) is 6.13. The van der Waals surface area contributed by atoms with Gasteiger partial charge in [-0.25, -0.2) is 0 Å². The van der Waals surface area contributed by atoms with E-state index in [0.29, 0.717) is 27.6 Å². The molecule has 1 unspecified atom stereocenters. The number of carbonyl (C=O) groups excluding carboxylic acids is 3. The van der Waals surface area contributed by atoms with Gasteiger partial charge in [-0.3, -0.25) is 14.4 Å². The SMILES string of the molecule is CN(C)c1c2c(c(O)c3cc(CO)ccc13)C(O)=C1C(=O)[C@]3(O)C(O)=C(C(N)=O)C(=O)C[C@@H]3CC1C2. The molecule has 3 aliphatic rings. The molecule has 0 aliphatic heterocycles. The second-order valence-electron chi connectivity index (χ2n) is 9.89. The Morgan fingerprint density at radius 3 is 2.44 bits per heavy atom. The standard InChI is InChI=1S/C26H26N2O8/c1-28(2)20-13-4-3-10(9-29)5-14(13)21(31)18-15(20)7-11-6-12-8-16(30)19(25(27)35)24(34)26(12,36)23(33)17(11)22(18)32/h3-5,11-12,29,31-32,34,36H,6-9H2,1-2H3,(H2,27,35)/t11?,12-,26-/m0/s1. The number of phenolic OH excluding ortho intramolecular Hbond substituents is 1. The number of nitrogens with two attached hydrogens (primary N) is 1. The van der Waals surface area contributed by atoms with Gasteiger partial charge in [0.25, 0.3) is 5.91 Å². The molecule has 1 saturated carbocycles. The molecule has 2 aromatic carbocycles. The number of carbonyl (C=O) groups is 3. The third-order valence-electron chi connectivity index (χ3n) is 7.70. The van der Waals surface area contributed by atoms with E-state index in [2.05, 4.69) is 0 Å². The van der Waals surface area contributed by atoms with E-state index in [9.17, 15) is 39.9 Å². The molecular formula is C26H26N2O8. The van der Waals surface area contributed by atoms with Crippen LogP contribution in [0.15, 0.2) is 35.1 Å². The first-order valence-corrected chi connectivity index (χ1v) is 11.5. The van der Waals surface area contributed by atoms with E-state index in [0.717, 1.165) is 0 Å². The Kier molecular flexibility index (Phi) is 5.17. The van der Waals surface area contributed by atoms with Gasteiger partial charge in [0.2, 0.25) is 5.78 Å². The summed E-state index contributed by atoms with van der Waals surface area (Å²) in [6.07, 6.45) is -0.0827. The van der Waals surface area contributed by atoms with Crippen molar-refractivity contribution in [2.75, 3.05) is 19.0 Å². The second kappa shape index (κ2) is 7.81. The normalized spacial score (nSPS) is 25.6. The Balaban J connectivity index is 1.80. The van der Waals surface area contributed by atoms with Gasteiger partial charge in [0, 0.05) is 48.5 Å². The molecule has 0 spiro atoms. The third kappa shape index (κ3) is 2.94. The lowest BCUT2D eigenvalue weighted by atomic mass is 9.59. The lowest BCUT2D eigenvalue weighted by molar-refractivity contribution is -0.147. The van der Waals surface area contributed by atoms with Crippen LogP contribution in [0.1, 0.15) is 29.5 Å². The summed E-state index contributed by atoms with van der Waals surface area (Å²) < 4.78 is 0. The maximum atomic E-state index is 13.7. The Labute approximate surface area is 205 Å². The largest absolute Gasteiger partial charge is 0.508 e. The summed E-state index contributed by atoms with van der Waals surface area (Å²) in [5, 5.41) is 55.3. The minimum absolute atomic E-state index is 0.0217. The number of phenols is 1. The minimum Gasteiger partial charge on any atom is -0.508 e. The summed E-state index contributed by atoms with van der Waals surface area (Å²) in [5.74, 6) is -6.62. The molecule has 7 N–H and O–H groups in total. The fraction of sp³-hybridized carbons (Fsp3) is 0.346. The summed E-state index contributed by atoms with van der Waals surface area (Å²) in [4.78, 5) is 39.8. The van der Waals surface area contributed by atoms with Crippen LogP contribution in [0.2, 0.25) is 0 Å². The average molecular weight is 495 g/mol. The van der Waals surface area contributed by atoms with Gasteiger partial charge in [0.1, 0.15) is 22.8 Å². The van der Waals surface area contributed by atoms with Gasteiger partial charge in [0.15, 0.2) is 11.4 Å². The molecule has 0 heterocycles. The number of hydrogen-bond donors (Lipinski definition) is 6.